The molecule has 0 radical (unpaired) electrons. The third kappa shape index (κ3) is 3.90. The summed E-state index contributed by atoms with van der Waals surface area (Å²) in [6, 6.07) is 0.993. The highest BCUT2D eigenvalue weighted by Crippen LogP contribution is 2.30. The monoisotopic (exact) mass is 269 g/mol. The average Bonchev–Trinajstić information content (AvgIpc) is 1.99. The first-order valence-electron chi connectivity index (χ1n) is 3.10. The Balaban J connectivity index is 4.64. The van der Waals surface area contributed by atoms with Gasteiger partial charge in [0.1, 0.15) is 6.07 Å². The van der Waals surface area contributed by atoms with Crippen LogP contribution < -0.4 is 0 Å². The van der Waals surface area contributed by atoms with Crippen LogP contribution in [0.2, 0.25) is 0 Å². The summed E-state index contributed by atoms with van der Waals surface area (Å²) in [6.07, 6.45) is -6.22. The summed E-state index contributed by atoms with van der Waals surface area (Å²) in [5, 5.41) is 8.18. The summed E-state index contributed by atoms with van der Waals surface area (Å²) in [4.78, 5) is 0. The van der Waals surface area contributed by atoms with Crippen LogP contribution in [0.15, 0.2) is 0 Å². The van der Waals surface area contributed by atoms with Crippen molar-refractivity contribution in [2.45, 2.75) is 16.3 Å². The van der Waals surface area contributed by atoms with Crippen molar-refractivity contribution in [3.05, 3.63) is 0 Å². The topological polar surface area (TPSA) is 57.9 Å². The Kier molecular flexibility index (Phi) is 4.07. The molecule has 0 aromatic heterocycles. The van der Waals surface area contributed by atoms with Crippen molar-refractivity contribution in [3.8, 4) is 6.07 Å². The van der Waals surface area contributed by atoms with Gasteiger partial charge in [-0.3, -0.25) is 0 Å². The van der Waals surface area contributed by atoms with Gasteiger partial charge in [0, 0.05) is 0 Å². The first kappa shape index (κ1) is 13.8. The van der Waals surface area contributed by atoms with Crippen molar-refractivity contribution in [2.75, 3.05) is 5.75 Å². The van der Waals surface area contributed by atoms with Crippen LogP contribution in [0.25, 0.3) is 0 Å². The van der Waals surface area contributed by atoms with E-state index >= 15 is 0 Å². The molecule has 0 spiro atoms. The number of nitrogens with zero attached hydrogens (tertiary/aromatic N) is 1. The van der Waals surface area contributed by atoms with E-state index in [2.05, 4.69) is 0 Å². The van der Waals surface area contributed by atoms with Gasteiger partial charge in [0.2, 0.25) is 0 Å². The molecule has 14 heavy (non-hydrogen) atoms. The van der Waals surface area contributed by atoms with Gasteiger partial charge in [-0.05, 0) is 0 Å². The molecule has 0 heterocycles. The Bertz CT molecular complexity index is 343. The number of hydrogen-bond donors (Lipinski definition) is 0. The molecule has 0 bridgehead atoms. The zero-order valence-electron chi connectivity index (χ0n) is 6.48. The lowest BCUT2D eigenvalue weighted by Gasteiger charge is -2.12. The van der Waals surface area contributed by atoms with Crippen molar-refractivity contribution in [2.24, 2.45) is 0 Å². The van der Waals surface area contributed by atoms with E-state index in [0.29, 0.717) is 0 Å². The molecular formula is C5H4Cl2F3NO2S. The predicted molar refractivity (Wildman–Crippen MR) is 44.5 cm³/mol. The number of alkyl halides is 5. The Morgan fingerprint density at radius 2 is 1.71 bits per heavy atom. The van der Waals surface area contributed by atoms with Crippen LogP contribution in [0.5, 0.6) is 0 Å². The minimum atomic E-state index is -4.63. The molecule has 0 aliphatic carbocycles. The second kappa shape index (κ2) is 4.13. The van der Waals surface area contributed by atoms with E-state index in [-0.39, 0.29) is 0 Å². The fraction of sp³-hybridized carbons (Fsp3) is 0.800. The lowest BCUT2D eigenvalue weighted by atomic mass is 10.5. The van der Waals surface area contributed by atoms with E-state index in [9.17, 15) is 21.6 Å². The quantitative estimate of drug-likeness (QED) is 0.737. The molecule has 0 aliphatic rings. The molecule has 0 aromatic carbocycles. The highest BCUT2D eigenvalue weighted by Gasteiger charge is 2.42. The summed E-state index contributed by atoms with van der Waals surface area (Å²) in [6.45, 7) is 0. The highest BCUT2D eigenvalue weighted by molar-refractivity contribution is 7.95. The minimum absolute atomic E-state index is 0.993. The molecule has 0 fully saturated rings. The van der Waals surface area contributed by atoms with Crippen molar-refractivity contribution < 1.29 is 21.6 Å². The molecule has 0 saturated carbocycles. The molecule has 0 aromatic rings. The highest BCUT2D eigenvalue weighted by atomic mass is 35.5. The van der Waals surface area contributed by atoms with E-state index in [1.807, 2.05) is 0 Å². The minimum Gasteiger partial charge on any atom is -0.225 e. The third-order valence-corrected chi connectivity index (χ3v) is 4.37. The van der Waals surface area contributed by atoms with Gasteiger partial charge >= 0.3 is 9.84 Å². The van der Waals surface area contributed by atoms with Crippen molar-refractivity contribution in [3.63, 3.8) is 0 Å². The second-order valence-corrected chi connectivity index (χ2v) is 6.34. The smallest absolute Gasteiger partial charge is 0.225 e. The second-order valence-electron chi connectivity index (χ2n) is 2.31. The summed E-state index contributed by atoms with van der Waals surface area (Å²) in [7, 11) is -4.49. The van der Waals surface area contributed by atoms with Gasteiger partial charge in [-0.25, -0.2) is 8.42 Å². The standard InChI is InChI=1S/C5H4Cl2F3NO2S/c6-4(7,3-11)14(12,13)2-1-5(8,9)10/h1-2H2. The summed E-state index contributed by atoms with van der Waals surface area (Å²) in [5.41, 5.74) is 0. The third-order valence-electron chi connectivity index (χ3n) is 1.18. The van der Waals surface area contributed by atoms with Crippen LogP contribution in [0.3, 0.4) is 0 Å². The number of sulfone groups is 1. The Hall–Kier alpha value is -0.190. The van der Waals surface area contributed by atoms with Gasteiger partial charge in [0.05, 0.1) is 12.2 Å². The van der Waals surface area contributed by atoms with Gasteiger partial charge in [-0.2, -0.15) is 18.4 Å². The maximum Gasteiger partial charge on any atom is 0.390 e. The van der Waals surface area contributed by atoms with E-state index < -0.39 is 31.9 Å². The molecule has 0 unspecified atom stereocenters. The molecule has 0 aliphatic heterocycles. The fourth-order valence-corrected chi connectivity index (χ4v) is 1.81. The maximum atomic E-state index is 11.6. The van der Waals surface area contributed by atoms with Gasteiger partial charge in [0.15, 0.2) is 9.84 Å². The zero-order valence-corrected chi connectivity index (χ0v) is 8.80. The van der Waals surface area contributed by atoms with E-state index in [4.69, 9.17) is 28.5 Å². The first-order chi connectivity index (χ1) is 6.02. The first-order valence-corrected chi connectivity index (χ1v) is 5.51. The van der Waals surface area contributed by atoms with Crippen LogP contribution in [0, 0.1) is 11.3 Å². The summed E-state index contributed by atoms with van der Waals surface area (Å²) in [5.74, 6) is -1.31. The van der Waals surface area contributed by atoms with Crippen LogP contribution in [-0.2, 0) is 9.84 Å². The lowest BCUT2D eigenvalue weighted by Crippen LogP contribution is -2.29. The largest absolute Gasteiger partial charge is 0.390 e. The Morgan fingerprint density at radius 1 is 1.29 bits per heavy atom. The SMILES string of the molecule is N#CC(Cl)(Cl)S(=O)(=O)CCC(F)(F)F. The van der Waals surface area contributed by atoms with Crippen LogP contribution >= 0.6 is 23.2 Å². The van der Waals surface area contributed by atoms with E-state index in [0.717, 1.165) is 6.07 Å². The lowest BCUT2D eigenvalue weighted by molar-refractivity contribution is -0.129. The molecule has 3 nitrogen and oxygen atoms in total. The number of halogens is 5. The maximum absolute atomic E-state index is 11.6. The molecule has 9 heteroatoms. The van der Waals surface area contributed by atoms with Crippen LogP contribution in [-0.4, -0.2) is 24.0 Å². The van der Waals surface area contributed by atoms with Crippen molar-refractivity contribution >= 4 is 33.0 Å². The van der Waals surface area contributed by atoms with Gasteiger partial charge in [-0.1, -0.05) is 23.2 Å². The summed E-state index contributed by atoms with van der Waals surface area (Å²) < 4.78 is 54.0. The molecule has 0 saturated heterocycles. The molecule has 0 amide bonds. The molecule has 82 valence electrons. The Labute approximate surface area is 88.3 Å². The number of nitriles is 1. The summed E-state index contributed by atoms with van der Waals surface area (Å²) >= 11 is 9.98. The predicted octanol–water partition coefficient (Wildman–Crippen LogP) is 2.01. The average molecular weight is 270 g/mol. The van der Waals surface area contributed by atoms with Crippen LogP contribution in [0.1, 0.15) is 6.42 Å². The van der Waals surface area contributed by atoms with Gasteiger partial charge in [0.25, 0.3) is 0 Å². The fourth-order valence-electron chi connectivity index (χ4n) is 0.448. The zero-order chi connectivity index (χ0) is 11.6. The van der Waals surface area contributed by atoms with E-state index in [1.54, 1.807) is 0 Å². The van der Waals surface area contributed by atoms with Gasteiger partial charge in [-0.15, -0.1) is 0 Å². The molecule has 0 rings (SSSR count). The van der Waals surface area contributed by atoms with Crippen LogP contribution in [0.4, 0.5) is 13.2 Å². The van der Waals surface area contributed by atoms with Crippen molar-refractivity contribution in [1.29, 1.82) is 5.26 Å². The normalized spacial score (nSPS) is 13.7. The van der Waals surface area contributed by atoms with Gasteiger partial charge < -0.3 is 0 Å². The van der Waals surface area contributed by atoms with Crippen molar-refractivity contribution in [1.82, 2.24) is 0 Å². The number of rotatable bonds is 3. The van der Waals surface area contributed by atoms with E-state index in [1.165, 1.54) is 0 Å². The molecule has 0 N–H and O–H groups in total. The Morgan fingerprint density at radius 3 is 2.00 bits per heavy atom. The number of hydrogen-bond acceptors (Lipinski definition) is 3. The molecular weight excluding hydrogens is 266 g/mol. The molecule has 0 atom stereocenters.